The summed E-state index contributed by atoms with van der Waals surface area (Å²) in [6.45, 7) is 2.13. The molecule has 0 aliphatic carbocycles. The minimum absolute atomic E-state index is 0.123. The first kappa shape index (κ1) is 16.4. The summed E-state index contributed by atoms with van der Waals surface area (Å²) in [5.41, 5.74) is 0.199. The molecule has 0 aliphatic rings. The van der Waals surface area contributed by atoms with E-state index in [1.165, 1.54) is 25.3 Å². The van der Waals surface area contributed by atoms with Crippen molar-refractivity contribution in [2.24, 2.45) is 0 Å². The maximum Gasteiger partial charge on any atom is 0.261 e. The van der Waals surface area contributed by atoms with Gasteiger partial charge < -0.3 is 10.1 Å². The molecule has 1 unspecified atom stereocenters. The third kappa shape index (κ3) is 4.76. The lowest BCUT2D eigenvalue weighted by Crippen LogP contribution is -2.35. The Kier molecular flexibility index (Phi) is 5.79. The van der Waals surface area contributed by atoms with Gasteiger partial charge in [-0.2, -0.15) is 0 Å². The standard InChI is InChI=1S/C11H13BrClNO4S/c1-7(6-18-2)14-11(15)9-5-8(19(13,16)17)3-4-10(9)12/h3-5,7H,6H2,1-2H3,(H,14,15). The Morgan fingerprint density at radius 2 is 2.16 bits per heavy atom. The molecule has 106 valence electrons. The highest BCUT2D eigenvalue weighted by Gasteiger charge is 2.17. The Balaban J connectivity index is 3.03. The van der Waals surface area contributed by atoms with Crippen LogP contribution >= 0.6 is 26.6 Å². The normalized spacial score (nSPS) is 13.1. The van der Waals surface area contributed by atoms with Crippen LogP contribution in [0.25, 0.3) is 0 Å². The van der Waals surface area contributed by atoms with Crippen molar-refractivity contribution in [2.75, 3.05) is 13.7 Å². The molecule has 1 N–H and O–H groups in total. The number of carbonyl (C=O) groups is 1. The van der Waals surface area contributed by atoms with Gasteiger partial charge in [-0.05, 0) is 41.1 Å². The van der Waals surface area contributed by atoms with Gasteiger partial charge in [0.1, 0.15) is 0 Å². The van der Waals surface area contributed by atoms with Gasteiger partial charge in [0, 0.05) is 28.3 Å². The molecular weight excluding hydrogens is 358 g/mol. The second-order valence-corrected chi connectivity index (χ2v) is 7.33. The van der Waals surface area contributed by atoms with Gasteiger partial charge in [-0.1, -0.05) is 0 Å². The van der Waals surface area contributed by atoms with E-state index in [2.05, 4.69) is 21.2 Å². The zero-order valence-corrected chi connectivity index (χ0v) is 13.5. The smallest absolute Gasteiger partial charge is 0.261 e. The maximum absolute atomic E-state index is 12.0. The number of nitrogens with one attached hydrogen (secondary N) is 1. The van der Waals surface area contributed by atoms with Crippen LogP contribution < -0.4 is 5.32 Å². The Labute approximate surface area is 124 Å². The summed E-state index contributed by atoms with van der Waals surface area (Å²) in [5.74, 6) is -0.404. The molecule has 1 aromatic rings. The van der Waals surface area contributed by atoms with E-state index in [0.717, 1.165) is 0 Å². The molecule has 5 nitrogen and oxygen atoms in total. The van der Waals surface area contributed by atoms with Crippen molar-refractivity contribution < 1.29 is 17.9 Å². The summed E-state index contributed by atoms with van der Waals surface area (Å²) in [7, 11) is 2.91. The number of amides is 1. The van der Waals surface area contributed by atoms with Crippen LogP contribution in [0, 0.1) is 0 Å². The van der Waals surface area contributed by atoms with Crippen LogP contribution in [0.2, 0.25) is 0 Å². The van der Waals surface area contributed by atoms with Crippen LogP contribution in [0.3, 0.4) is 0 Å². The average molecular weight is 371 g/mol. The number of rotatable bonds is 5. The van der Waals surface area contributed by atoms with Crippen molar-refractivity contribution >= 4 is 41.6 Å². The summed E-state index contributed by atoms with van der Waals surface area (Å²) in [4.78, 5) is 11.9. The van der Waals surface area contributed by atoms with Crippen molar-refractivity contribution in [1.29, 1.82) is 0 Å². The summed E-state index contributed by atoms with van der Waals surface area (Å²) >= 11 is 3.20. The van der Waals surface area contributed by atoms with Crippen LogP contribution in [0.1, 0.15) is 17.3 Å². The van der Waals surface area contributed by atoms with Gasteiger partial charge >= 0.3 is 0 Å². The second kappa shape index (κ2) is 6.69. The maximum atomic E-state index is 12.0. The molecule has 0 aromatic heterocycles. The van der Waals surface area contributed by atoms with Gasteiger partial charge in [0.2, 0.25) is 0 Å². The molecule has 0 radical (unpaired) electrons. The van der Waals surface area contributed by atoms with Crippen molar-refractivity contribution in [1.82, 2.24) is 5.32 Å². The van der Waals surface area contributed by atoms with Crippen LogP contribution in [0.5, 0.6) is 0 Å². The van der Waals surface area contributed by atoms with E-state index < -0.39 is 15.0 Å². The summed E-state index contributed by atoms with van der Waals surface area (Å²) in [6.07, 6.45) is 0. The van der Waals surface area contributed by atoms with Crippen molar-refractivity contribution in [3.8, 4) is 0 Å². The molecule has 0 saturated carbocycles. The Morgan fingerprint density at radius 1 is 1.53 bits per heavy atom. The lowest BCUT2D eigenvalue weighted by Gasteiger charge is -2.13. The summed E-state index contributed by atoms with van der Waals surface area (Å²) in [6, 6.07) is 3.81. The summed E-state index contributed by atoms with van der Waals surface area (Å²) < 4.78 is 27.9. The van der Waals surface area contributed by atoms with E-state index in [4.69, 9.17) is 15.4 Å². The molecule has 0 aliphatic heterocycles. The van der Waals surface area contributed by atoms with E-state index in [1.807, 2.05) is 0 Å². The number of methoxy groups -OCH3 is 1. The number of halogens is 2. The number of ether oxygens (including phenoxy) is 1. The molecule has 1 amide bonds. The predicted molar refractivity (Wildman–Crippen MR) is 76.0 cm³/mol. The topological polar surface area (TPSA) is 72.5 Å². The first-order valence-corrected chi connectivity index (χ1v) is 8.40. The van der Waals surface area contributed by atoms with E-state index in [0.29, 0.717) is 11.1 Å². The second-order valence-electron chi connectivity index (χ2n) is 3.91. The fourth-order valence-electron chi connectivity index (χ4n) is 1.42. The Bertz CT molecular complexity index is 576. The quantitative estimate of drug-likeness (QED) is 0.806. The molecule has 8 heteroatoms. The zero-order chi connectivity index (χ0) is 14.6. The first-order chi connectivity index (χ1) is 8.75. The SMILES string of the molecule is COCC(C)NC(=O)c1cc(S(=O)(=O)Cl)ccc1Br. The molecule has 1 rings (SSSR count). The Hall–Kier alpha value is -0.630. The first-order valence-electron chi connectivity index (χ1n) is 5.29. The van der Waals surface area contributed by atoms with Gasteiger partial charge in [0.15, 0.2) is 0 Å². The molecule has 0 spiro atoms. The van der Waals surface area contributed by atoms with E-state index >= 15 is 0 Å². The molecule has 0 fully saturated rings. The monoisotopic (exact) mass is 369 g/mol. The Morgan fingerprint density at radius 3 is 2.68 bits per heavy atom. The molecular formula is C11H13BrClNO4S. The number of hydrogen-bond donors (Lipinski definition) is 1. The largest absolute Gasteiger partial charge is 0.383 e. The number of benzene rings is 1. The molecule has 1 atom stereocenters. The average Bonchev–Trinajstić information content (AvgIpc) is 2.27. The number of hydrogen-bond acceptors (Lipinski definition) is 4. The van der Waals surface area contributed by atoms with Crippen LogP contribution in [0.4, 0.5) is 0 Å². The highest BCUT2D eigenvalue weighted by molar-refractivity contribution is 9.10. The number of carbonyl (C=O) groups excluding carboxylic acids is 1. The zero-order valence-electron chi connectivity index (χ0n) is 10.3. The summed E-state index contributed by atoms with van der Waals surface area (Å²) in [5, 5.41) is 2.68. The minimum atomic E-state index is -3.87. The van der Waals surface area contributed by atoms with Gasteiger partial charge in [-0.25, -0.2) is 8.42 Å². The van der Waals surface area contributed by atoms with Crippen molar-refractivity contribution in [2.45, 2.75) is 17.9 Å². The van der Waals surface area contributed by atoms with E-state index in [-0.39, 0.29) is 16.5 Å². The minimum Gasteiger partial charge on any atom is -0.383 e. The van der Waals surface area contributed by atoms with Crippen LogP contribution in [-0.4, -0.2) is 34.1 Å². The molecule has 0 bridgehead atoms. The highest BCUT2D eigenvalue weighted by Crippen LogP contribution is 2.23. The third-order valence-corrected chi connectivity index (χ3v) is 4.30. The molecule has 0 saturated heterocycles. The lowest BCUT2D eigenvalue weighted by molar-refractivity contribution is 0.0904. The van der Waals surface area contributed by atoms with Crippen molar-refractivity contribution in [3.63, 3.8) is 0 Å². The van der Waals surface area contributed by atoms with Crippen LogP contribution in [-0.2, 0) is 13.8 Å². The fraction of sp³-hybridized carbons (Fsp3) is 0.364. The van der Waals surface area contributed by atoms with Crippen LogP contribution in [0.15, 0.2) is 27.6 Å². The van der Waals surface area contributed by atoms with Gasteiger partial charge in [0.25, 0.3) is 15.0 Å². The highest BCUT2D eigenvalue weighted by atomic mass is 79.9. The molecule has 1 aromatic carbocycles. The van der Waals surface area contributed by atoms with Gasteiger partial charge in [0.05, 0.1) is 17.1 Å². The van der Waals surface area contributed by atoms with E-state index in [9.17, 15) is 13.2 Å². The lowest BCUT2D eigenvalue weighted by atomic mass is 10.2. The fourth-order valence-corrected chi connectivity index (χ4v) is 2.63. The molecule has 0 heterocycles. The van der Waals surface area contributed by atoms with Crippen molar-refractivity contribution in [3.05, 3.63) is 28.2 Å². The third-order valence-electron chi connectivity index (χ3n) is 2.26. The van der Waals surface area contributed by atoms with Gasteiger partial charge in [-0.3, -0.25) is 4.79 Å². The molecule has 19 heavy (non-hydrogen) atoms. The predicted octanol–water partition coefficient (Wildman–Crippen LogP) is 2.14. The van der Waals surface area contributed by atoms with E-state index in [1.54, 1.807) is 6.92 Å². The van der Waals surface area contributed by atoms with Gasteiger partial charge in [-0.15, -0.1) is 0 Å².